The van der Waals surface area contributed by atoms with Crippen molar-refractivity contribution in [1.29, 1.82) is 0 Å². The molecule has 0 radical (unpaired) electrons. The van der Waals surface area contributed by atoms with Crippen LogP contribution >= 0.6 is 0 Å². The molecular formula is C11H22N2. The van der Waals surface area contributed by atoms with Crippen LogP contribution in [0.15, 0.2) is 4.99 Å². The fourth-order valence-corrected chi connectivity index (χ4v) is 1.70. The molecule has 76 valence electrons. The Morgan fingerprint density at radius 1 is 1.31 bits per heavy atom. The third kappa shape index (κ3) is 2.71. The second-order valence-corrected chi connectivity index (χ2v) is 4.96. The van der Waals surface area contributed by atoms with Crippen LogP contribution in [0.4, 0.5) is 0 Å². The summed E-state index contributed by atoms with van der Waals surface area (Å²) in [6, 6.07) is 0. The summed E-state index contributed by atoms with van der Waals surface area (Å²) in [6.45, 7) is 8.83. The highest BCUT2D eigenvalue weighted by Gasteiger charge is 2.45. The summed E-state index contributed by atoms with van der Waals surface area (Å²) in [5.41, 5.74) is 6.11. The highest BCUT2D eigenvalue weighted by molar-refractivity contribution is 5.81. The van der Waals surface area contributed by atoms with Gasteiger partial charge in [-0.3, -0.25) is 4.99 Å². The lowest BCUT2D eigenvalue weighted by Crippen LogP contribution is -2.22. The molecule has 1 fully saturated rings. The molecule has 1 aliphatic carbocycles. The molecule has 2 nitrogen and oxygen atoms in total. The molecule has 0 bridgehead atoms. The predicted octanol–water partition coefficient (Wildman–Crippen LogP) is 2.58. The summed E-state index contributed by atoms with van der Waals surface area (Å²) < 4.78 is 0. The number of aliphatic imine (C=N–C) groups is 1. The smallest absolute Gasteiger partial charge is 0.0946 e. The largest absolute Gasteiger partial charge is 0.387 e. The maximum atomic E-state index is 5.89. The number of hydrogen-bond donors (Lipinski definition) is 1. The van der Waals surface area contributed by atoms with E-state index >= 15 is 0 Å². The Hall–Kier alpha value is -0.530. The SMILES string of the molecule is CC(C)CC(N)=NC1(C(C)C)CC1. The lowest BCUT2D eigenvalue weighted by molar-refractivity contribution is 0.478. The van der Waals surface area contributed by atoms with Crippen molar-refractivity contribution in [2.24, 2.45) is 22.6 Å². The third-order valence-corrected chi connectivity index (χ3v) is 2.82. The van der Waals surface area contributed by atoms with E-state index in [9.17, 15) is 0 Å². The molecule has 0 atom stereocenters. The Morgan fingerprint density at radius 3 is 2.15 bits per heavy atom. The van der Waals surface area contributed by atoms with Gasteiger partial charge in [0, 0.05) is 6.42 Å². The average Bonchev–Trinajstić information content (AvgIpc) is 2.66. The third-order valence-electron chi connectivity index (χ3n) is 2.82. The molecule has 0 amide bonds. The van der Waals surface area contributed by atoms with Gasteiger partial charge >= 0.3 is 0 Å². The van der Waals surface area contributed by atoms with E-state index in [-0.39, 0.29) is 5.54 Å². The van der Waals surface area contributed by atoms with Crippen molar-refractivity contribution in [3.05, 3.63) is 0 Å². The Balaban J connectivity index is 2.54. The molecule has 0 aromatic rings. The number of rotatable bonds is 4. The first-order valence-corrected chi connectivity index (χ1v) is 5.30. The van der Waals surface area contributed by atoms with Gasteiger partial charge in [-0.1, -0.05) is 27.7 Å². The number of amidine groups is 1. The fourth-order valence-electron chi connectivity index (χ4n) is 1.70. The first-order chi connectivity index (χ1) is 5.96. The molecule has 0 aromatic carbocycles. The van der Waals surface area contributed by atoms with Crippen molar-refractivity contribution >= 4 is 5.84 Å². The van der Waals surface area contributed by atoms with Crippen molar-refractivity contribution < 1.29 is 0 Å². The van der Waals surface area contributed by atoms with E-state index in [1.54, 1.807) is 0 Å². The molecule has 1 rings (SSSR count). The molecule has 13 heavy (non-hydrogen) atoms. The van der Waals surface area contributed by atoms with Gasteiger partial charge in [-0.2, -0.15) is 0 Å². The topological polar surface area (TPSA) is 38.4 Å². The van der Waals surface area contributed by atoms with Crippen LogP contribution < -0.4 is 5.73 Å². The lowest BCUT2D eigenvalue weighted by Gasteiger charge is -2.16. The van der Waals surface area contributed by atoms with E-state index < -0.39 is 0 Å². The molecule has 0 unspecified atom stereocenters. The van der Waals surface area contributed by atoms with Gasteiger partial charge < -0.3 is 5.73 Å². The van der Waals surface area contributed by atoms with Crippen LogP contribution in [0.1, 0.15) is 47.0 Å². The summed E-state index contributed by atoms with van der Waals surface area (Å²) in [5, 5.41) is 0. The average molecular weight is 182 g/mol. The standard InChI is InChI=1S/C11H22N2/c1-8(2)7-10(12)13-11(5-6-11)9(3)4/h8-9H,5-7H2,1-4H3,(H2,12,13). The van der Waals surface area contributed by atoms with Crippen LogP contribution in [-0.4, -0.2) is 11.4 Å². The van der Waals surface area contributed by atoms with Gasteiger partial charge in [0.1, 0.15) is 0 Å². The molecular weight excluding hydrogens is 160 g/mol. The quantitative estimate of drug-likeness (QED) is 0.526. The van der Waals surface area contributed by atoms with E-state index in [0.717, 1.165) is 12.3 Å². The minimum Gasteiger partial charge on any atom is -0.387 e. The van der Waals surface area contributed by atoms with E-state index in [1.807, 2.05) is 0 Å². The normalized spacial score (nSPS) is 21.2. The van der Waals surface area contributed by atoms with E-state index in [4.69, 9.17) is 5.73 Å². The van der Waals surface area contributed by atoms with Crippen molar-refractivity contribution in [2.45, 2.75) is 52.5 Å². The van der Waals surface area contributed by atoms with Crippen molar-refractivity contribution in [3.8, 4) is 0 Å². The van der Waals surface area contributed by atoms with Crippen LogP contribution in [0.2, 0.25) is 0 Å². The van der Waals surface area contributed by atoms with E-state index in [0.29, 0.717) is 11.8 Å². The van der Waals surface area contributed by atoms with Crippen molar-refractivity contribution in [1.82, 2.24) is 0 Å². The van der Waals surface area contributed by atoms with Gasteiger partial charge in [-0.25, -0.2) is 0 Å². The first kappa shape index (κ1) is 10.6. The van der Waals surface area contributed by atoms with Crippen LogP contribution in [0.25, 0.3) is 0 Å². The van der Waals surface area contributed by atoms with Gasteiger partial charge in [-0.15, -0.1) is 0 Å². The second kappa shape index (κ2) is 3.69. The molecule has 2 N–H and O–H groups in total. The zero-order valence-electron chi connectivity index (χ0n) is 9.30. The maximum absolute atomic E-state index is 5.89. The molecule has 1 saturated carbocycles. The minimum atomic E-state index is 0.221. The molecule has 0 saturated heterocycles. The summed E-state index contributed by atoms with van der Waals surface area (Å²) in [4.78, 5) is 4.65. The number of nitrogens with two attached hydrogens (primary N) is 1. The number of nitrogens with zero attached hydrogens (tertiary/aromatic N) is 1. The van der Waals surface area contributed by atoms with Crippen LogP contribution in [0.5, 0.6) is 0 Å². The molecule has 0 aliphatic heterocycles. The summed E-state index contributed by atoms with van der Waals surface area (Å²) in [6.07, 6.45) is 3.39. The van der Waals surface area contributed by atoms with Crippen LogP contribution in [0, 0.1) is 11.8 Å². The monoisotopic (exact) mass is 182 g/mol. The highest BCUT2D eigenvalue weighted by atomic mass is 15.0. The van der Waals surface area contributed by atoms with Crippen molar-refractivity contribution in [3.63, 3.8) is 0 Å². The first-order valence-electron chi connectivity index (χ1n) is 5.30. The molecule has 2 heteroatoms. The van der Waals surface area contributed by atoms with Crippen LogP contribution in [0.3, 0.4) is 0 Å². The van der Waals surface area contributed by atoms with Gasteiger partial charge in [-0.05, 0) is 24.7 Å². The molecule has 0 spiro atoms. The van der Waals surface area contributed by atoms with Crippen LogP contribution in [-0.2, 0) is 0 Å². The predicted molar refractivity (Wildman–Crippen MR) is 57.9 cm³/mol. The maximum Gasteiger partial charge on any atom is 0.0946 e. The van der Waals surface area contributed by atoms with E-state index in [1.165, 1.54) is 12.8 Å². The van der Waals surface area contributed by atoms with E-state index in [2.05, 4.69) is 32.7 Å². The summed E-state index contributed by atoms with van der Waals surface area (Å²) in [7, 11) is 0. The summed E-state index contributed by atoms with van der Waals surface area (Å²) in [5.74, 6) is 2.10. The van der Waals surface area contributed by atoms with Gasteiger partial charge in [0.05, 0.1) is 11.4 Å². The molecule has 0 heterocycles. The molecule has 1 aliphatic rings. The zero-order valence-corrected chi connectivity index (χ0v) is 9.30. The lowest BCUT2D eigenvalue weighted by atomic mass is 10.0. The Morgan fingerprint density at radius 2 is 1.85 bits per heavy atom. The number of hydrogen-bond acceptors (Lipinski definition) is 1. The van der Waals surface area contributed by atoms with Gasteiger partial charge in [0.15, 0.2) is 0 Å². The second-order valence-electron chi connectivity index (χ2n) is 4.96. The highest BCUT2D eigenvalue weighted by Crippen LogP contribution is 2.46. The minimum absolute atomic E-state index is 0.221. The van der Waals surface area contributed by atoms with Crippen molar-refractivity contribution in [2.75, 3.05) is 0 Å². The Kier molecular flexibility index (Phi) is 2.99. The summed E-state index contributed by atoms with van der Waals surface area (Å²) >= 11 is 0. The Labute approximate surface area is 81.6 Å². The molecule has 0 aromatic heterocycles. The fraction of sp³-hybridized carbons (Fsp3) is 0.909. The zero-order chi connectivity index (χ0) is 10.1. The Bertz CT molecular complexity index is 200. The van der Waals surface area contributed by atoms with Gasteiger partial charge in [0.25, 0.3) is 0 Å². The van der Waals surface area contributed by atoms with Gasteiger partial charge in [0.2, 0.25) is 0 Å².